The number of carbonyl (C=O) groups is 1. The van der Waals surface area contributed by atoms with Gasteiger partial charge in [0.25, 0.3) is 5.91 Å². The maximum atomic E-state index is 13.7. The Bertz CT molecular complexity index is 907. The molecule has 8 heteroatoms. The maximum Gasteiger partial charge on any atom is 0.418 e. The minimum atomic E-state index is -4.59. The highest BCUT2D eigenvalue weighted by atomic mass is 19.4. The number of amides is 1. The standard InChI is InChI=1S/C22H26F3N3O2/c1-4-30-20-13-16(6-5-15(20)2)21(29)26-19-8-7-17(14-18(19)22(23,24)25)28-11-9-27(3)10-12-28/h5-8,13-14H,4,9-12H2,1-3H3,(H,26,29). The van der Waals surface area contributed by atoms with Crippen LogP contribution in [0.5, 0.6) is 5.75 Å². The molecule has 1 heterocycles. The first kappa shape index (κ1) is 22.0. The van der Waals surface area contributed by atoms with Crippen LogP contribution in [0.25, 0.3) is 0 Å². The van der Waals surface area contributed by atoms with Crippen LogP contribution in [0.2, 0.25) is 0 Å². The highest BCUT2D eigenvalue weighted by Gasteiger charge is 2.35. The molecule has 1 amide bonds. The van der Waals surface area contributed by atoms with Gasteiger partial charge in [-0.3, -0.25) is 4.79 Å². The van der Waals surface area contributed by atoms with Crippen molar-refractivity contribution < 1.29 is 22.7 Å². The molecule has 0 saturated carbocycles. The maximum absolute atomic E-state index is 13.7. The van der Waals surface area contributed by atoms with Gasteiger partial charge in [-0.2, -0.15) is 13.2 Å². The molecule has 5 nitrogen and oxygen atoms in total. The van der Waals surface area contributed by atoms with Crippen LogP contribution in [0.1, 0.15) is 28.4 Å². The van der Waals surface area contributed by atoms with E-state index in [-0.39, 0.29) is 11.3 Å². The number of anilines is 2. The molecule has 0 radical (unpaired) electrons. The van der Waals surface area contributed by atoms with Crippen molar-refractivity contribution >= 4 is 17.3 Å². The van der Waals surface area contributed by atoms with Gasteiger partial charge in [0.15, 0.2) is 0 Å². The molecular weight excluding hydrogens is 395 g/mol. The van der Waals surface area contributed by atoms with Gasteiger partial charge in [0.2, 0.25) is 0 Å². The second kappa shape index (κ2) is 8.95. The summed E-state index contributed by atoms with van der Waals surface area (Å²) in [7, 11) is 1.99. The quantitative estimate of drug-likeness (QED) is 0.777. The molecule has 1 N–H and O–H groups in total. The van der Waals surface area contributed by atoms with Crippen LogP contribution in [-0.4, -0.2) is 50.6 Å². The largest absolute Gasteiger partial charge is 0.494 e. The third-order valence-corrected chi connectivity index (χ3v) is 5.18. The van der Waals surface area contributed by atoms with Gasteiger partial charge < -0.3 is 19.9 Å². The van der Waals surface area contributed by atoms with Crippen molar-refractivity contribution in [1.29, 1.82) is 0 Å². The van der Waals surface area contributed by atoms with Crippen molar-refractivity contribution in [3.05, 3.63) is 53.1 Å². The topological polar surface area (TPSA) is 44.8 Å². The second-order valence-corrected chi connectivity index (χ2v) is 7.39. The molecular formula is C22H26F3N3O2. The summed E-state index contributed by atoms with van der Waals surface area (Å²) < 4.78 is 46.7. The molecule has 30 heavy (non-hydrogen) atoms. The fourth-order valence-corrected chi connectivity index (χ4v) is 3.38. The molecule has 0 atom stereocenters. The van der Waals surface area contributed by atoms with Gasteiger partial charge >= 0.3 is 6.18 Å². The van der Waals surface area contributed by atoms with Crippen molar-refractivity contribution in [3.63, 3.8) is 0 Å². The molecule has 1 fully saturated rings. The van der Waals surface area contributed by atoms with Crippen LogP contribution < -0.4 is 15.0 Å². The Labute approximate surface area is 174 Å². The summed E-state index contributed by atoms with van der Waals surface area (Å²) in [5, 5.41) is 2.42. The second-order valence-electron chi connectivity index (χ2n) is 7.39. The van der Waals surface area contributed by atoms with Crippen LogP contribution in [0, 0.1) is 6.92 Å². The molecule has 1 saturated heterocycles. The molecule has 0 aliphatic carbocycles. The van der Waals surface area contributed by atoms with Gasteiger partial charge in [0.05, 0.1) is 17.9 Å². The van der Waals surface area contributed by atoms with Gasteiger partial charge in [-0.15, -0.1) is 0 Å². The number of rotatable bonds is 5. The van der Waals surface area contributed by atoms with E-state index in [0.29, 0.717) is 31.1 Å². The number of aryl methyl sites for hydroxylation is 1. The fraction of sp³-hybridized carbons (Fsp3) is 0.409. The van der Waals surface area contributed by atoms with E-state index in [9.17, 15) is 18.0 Å². The number of carbonyl (C=O) groups excluding carboxylic acids is 1. The molecule has 1 aliphatic heterocycles. The van der Waals surface area contributed by atoms with E-state index in [1.54, 1.807) is 24.3 Å². The summed E-state index contributed by atoms with van der Waals surface area (Å²) in [4.78, 5) is 16.7. The van der Waals surface area contributed by atoms with Gasteiger partial charge in [-0.25, -0.2) is 0 Å². The Kier molecular flexibility index (Phi) is 6.55. The number of likely N-dealkylation sites (N-methyl/N-ethyl adjacent to an activating group) is 1. The van der Waals surface area contributed by atoms with Gasteiger partial charge in [0.1, 0.15) is 5.75 Å². The van der Waals surface area contributed by atoms with Gasteiger partial charge in [-0.1, -0.05) is 6.07 Å². The smallest absolute Gasteiger partial charge is 0.418 e. The van der Waals surface area contributed by atoms with E-state index in [0.717, 1.165) is 24.7 Å². The Morgan fingerprint density at radius 2 is 1.80 bits per heavy atom. The number of hydrogen-bond acceptors (Lipinski definition) is 4. The first-order valence-corrected chi connectivity index (χ1v) is 9.88. The molecule has 0 unspecified atom stereocenters. The zero-order valence-electron chi connectivity index (χ0n) is 17.3. The number of piperazine rings is 1. The van der Waals surface area contributed by atoms with Crippen molar-refractivity contribution in [1.82, 2.24) is 4.90 Å². The summed E-state index contributed by atoms with van der Waals surface area (Å²) in [6, 6.07) is 8.88. The van der Waals surface area contributed by atoms with Crippen molar-refractivity contribution in [2.24, 2.45) is 0 Å². The third kappa shape index (κ3) is 5.05. The van der Waals surface area contributed by atoms with Gasteiger partial charge in [-0.05, 0) is 56.8 Å². The highest BCUT2D eigenvalue weighted by molar-refractivity contribution is 6.05. The first-order valence-electron chi connectivity index (χ1n) is 9.88. The lowest BCUT2D eigenvalue weighted by Gasteiger charge is -2.34. The lowest BCUT2D eigenvalue weighted by Crippen LogP contribution is -2.44. The molecule has 3 rings (SSSR count). The van der Waals surface area contributed by atoms with E-state index in [2.05, 4.69) is 10.2 Å². The summed E-state index contributed by atoms with van der Waals surface area (Å²) in [6.07, 6.45) is -4.59. The number of nitrogens with one attached hydrogen (secondary N) is 1. The molecule has 2 aromatic rings. The summed E-state index contributed by atoms with van der Waals surface area (Å²) in [6.45, 7) is 6.98. The first-order chi connectivity index (χ1) is 14.2. The Morgan fingerprint density at radius 3 is 2.43 bits per heavy atom. The summed E-state index contributed by atoms with van der Waals surface area (Å²) in [5.74, 6) is -0.0830. The average Bonchev–Trinajstić information content (AvgIpc) is 2.70. The van der Waals surface area contributed by atoms with E-state index in [4.69, 9.17) is 4.74 Å². The lowest BCUT2D eigenvalue weighted by atomic mass is 10.1. The number of nitrogens with zero attached hydrogens (tertiary/aromatic N) is 2. The third-order valence-electron chi connectivity index (χ3n) is 5.18. The lowest BCUT2D eigenvalue weighted by molar-refractivity contribution is -0.136. The summed E-state index contributed by atoms with van der Waals surface area (Å²) in [5.41, 5.74) is 0.469. The minimum Gasteiger partial charge on any atom is -0.494 e. The van der Waals surface area contributed by atoms with Crippen molar-refractivity contribution in [3.8, 4) is 5.75 Å². The van der Waals surface area contributed by atoms with E-state index in [1.165, 1.54) is 6.07 Å². The zero-order chi connectivity index (χ0) is 21.9. The number of benzene rings is 2. The van der Waals surface area contributed by atoms with Crippen LogP contribution >= 0.6 is 0 Å². The van der Waals surface area contributed by atoms with Crippen molar-refractivity contribution in [2.45, 2.75) is 20.0 Å². The van der Waals surface area contributed by atoms with Crippen LogP contribution in [0.15, 0.2) is 36.4 Å². The zero-order valence-corrected chi connectivity index (χ0v) is 17.3. The molecule has 0 bridgehead atoms. The van der Waals surface area contributed by atoms with Crippen LogP contribution in [0.4, 0.5) is 24.5 Å². The van der Waals surface area contributed by atoms with Crippen LogP contribution in [0.3, 0.4) is 0 Å². The molecule has 0 aromatic heterocycles. The molecule has 1 aliphatic rings. The number of alkyl halides is 3. The summed E-state index contributed by atoms with van der Waals surface area (Å²) >= 11 is 0. The Hall–Kier alpha value is -2.74. The number of halogens is 3. The monoisotopic (exact) mass is 421 g/mol. The molecule has 2 aromatic carbocycles. The fourth-order valence-electron chi connectivity index (χ4n) is 3.38. The highest BCUT2D eigenvalue weighted by Crippen LogP contribution is 2.38. The van der Waals surface area contributed by atoms with Gasteiger partial charge in [0, 0.05) is 37.4 Å². The predicted molar refractivity (Wildman–Crippen MR) is 111 cm³/mol. The molecule has 162 valence electrons. The predicted octanol–water partition coefficient (Wildman–Crippen LogP) is 4.42. The Morgan fingerprint density at radius 1 is 1.10 bits per heavy atom. The normalized spacial score (nSPS) is 15.2. The van der Waals surface area contributed by atoms with E-state index < -0.39 is 17.6 Å². The number of hydrogen-bond donors (Lipinski definition) is 1. The van der Waals surface area contributed by atoms with E-state index in [1.807, 2.05) is 25.8 Å². The Balaban J connectivity index is 1.86. The number of ether oxygens (including phenoxy) is 1. The van der Waals surface area contributed by atoms with Crippen LogP contribution in [-0.2, 0) is 6.18 Å². The van der Waals surface area contributed by atoms with E-state index >= 15 is 0 Å². The average molecular weight is 421 g/mol. The van der Waals surface area contributed by atoms with Crippen molar-refractivity contribution in [2.75, 3.05) is 50.1 Å². The minimum absolute atomic E-state index is 0.236. The SMILES string of the molecule is CCOc1cc(C(=O)Nc2ccc(N3CCN(C)CC3)cc2C(F)(F)F)ccc1C. The molecule has 0 spiro atoms.